The van der Waals surface area contributed by atoms with E-state index >= 15 is 0 Å². The van der Waals surface area contributed by atoms with Gasteiger partial charge in [-0.15, -0.1) is 0 Å². The molecule has 322 valence electrons. The first-order chi connectivity index (χ1) is 28.5. The zero-order chi connectivity index (χ0) is 41.1. The molecule has 5 amide bonds. The van der Waals surface area contributed by atoms with Gasteiger partial charge < -0.3 is 29.9 Å². The number of ether oxygens (including phenoxy) is 2. The van der Waals surface area contributed by atoms with E-state index in [1.165, 1.54) is 16.9 Å². The first-order valence-electron chi connectivity index (χ1n) is 22.1. The van der Waals surface area contributed by atoms with Gasteiger partial charge in [0.2, 0.25) is 21.8 Å². The average molecular weight is 837 g/mol. The molecule has 0 aromatic heterocycles. The Balaban J connectivity index is 1.04. The smallest absolute Gasteiger partial charge is 0.410 e. The van der Waals surface area contributed by atoms with Gasteiger partial charge in [-0.05, 0) is 108 Å². The van der Waals surface area contributed by atoms with Crippen LogP contribution >= 0.6 is 0 Å². The number of carbonyl (C=O) groups is 5. The fourth-order valence-electron chi connectivity index (χ4n) is 9.85. The van der Waals surface area contributed by atoms with E-state index in [0.717, 1.165) is 70.0 Å². The van der Waals surface area contributed by atoms with Gasteiger partial charge in [0.15, 0.2) is 0 Å². The molecule has 2 saturated heterocycles. The molecular weight excluding hydrogens is 777 g/mol. The van der Waals surface area contributed by atoms with Gasteiger partial charge in [0.25, 0.3) is 5.91 Å². The third-order valence-electron chi connectivity index (χ3n) is 13.5. The maximum Gasteiger partial charge on any atom is 0.410 e. The molecule has 4 heterocycles. The highest BCUT2D eigenvalue weighted by Gasteiger charge is 2.62. The quantitative estimate of drug-likeness (QED) is 0.321. The van der Waals surface area contributed by atoms with E-state index in [9.17, 15) is 32.4 Å². The number of nitrogens with one attached hydrogen (secondary N) is 3. The van der Waals surface area contributed by atoms with Gasteiger partial charge in [-0.25, -0.2) is 18.0 Å². The Bertz CT molecular complexity index is 1890. The molecule has 1 aromatic rings. The molecule has 4 aliphatic heterocycles. The molecule has 3 aliphatic carbocycles. The Morgan fingerprint density at radius 2 is 1.61 bits per heavy atom. The van der Waals surface area contributed by atoms with Gasteiger partial charge in [0.1, 0.15) is 29.8 Å². The fraction of sp³-hybridized carbons (Fsp3) is 0.698. The number of allylic oxidation sites excluding steroid dienone is 1. The van der Waals surface area contributed by atoms with Crippen LogP contribution in [0.15, 0.2) is 36.4 Å². The normalized spacial score (nSPS) is 30.8. The lowest BCUT2D eigenvalue weighted by Crippen LogP contribution is -2.58. The molecule has 15 nitrogen and oxygen atoms in total. The van der Waals surface area contributed by atoms with Crippen LogP contribution in [0.25, 0.3) is 0 Å². The van der Waals surface area contributed by atoms with Gasteiger partial charge in [-0.1, -0.05) is 55.7 Å². The predicted molar refractivity (Wildman–Crippen MR) is 217 cm³/mol. The van der Waals surface area contributed by atoms with Gasteiger partial charge in [-0.2, -0.15) is 0 Å². The summed E-state index contributed by atoms with van der Waals surface area (Å²) >= 11 is 0. The summed E-state index contributed by atoms with van der Waals surface area (Å²) in [6, 6.07) is 5.79. The molecule has 59 heavy (non-hydrogen) atoms. The topological polar surface area (TPSA) is 184 Å². The van der Waals surface area contributed by atoms with E-state index in [-0.39, 0.29) is 31.5 Å². The standard InChI is InChI=1S/C43H60N6O9S/c50-38-36-25-32(58-42(54)48-24-21-29-13-7-10-17-34(29)37(48)28-47-22-11-4-12-23-47)27-49(36)39(51)35(44-41(53)57-31-15-8-9-16-31)18-6-3-1-2-5-14-30-26-43(30,45-38)40(52)46-59(55,56)33-19-20-33/h5,7,10,13-14,17,30-33,35-37H,1-4,6,8-9,11-12,15-16,18-28H2,(H,44,53)(H,45,50)(H,46,52)/t30-,32-,35+,36+,37-,43-/m1/s1. The molecule has 3 N–H and O–H groups in total. The van der Waals surface area contributed by atoms with Crippen molar-refractivity contribution >= 4 is 39.9 Å². The molecule has 5 fully saturated rings. The van der Waals surface area contributed by atoms with Crippen molar-refractivity contribution in [1.29, 1.82) is 0 Å². The number of hydrogen-bond acceptors (Lipinski definition) is 10. The average Bonchev–Trinajstić information content (AvgIpc) is 4.10. The van der Waals surface area contributed by atoms with Crippen molar-refractivity contribution in [2.75, 3.05) is 32.7 Å². The highest BCUT2D eigenvalue weighted by molar-refractivity contribution is 7.91. The molecule has 7 aliphatic rings. The SMILES string of the molecule is O=C(N[C@H]1CCCCCC=C[C@@H]2C[C@@]2(C(=O)NS(=O)(=O)C2CC2)NC(=O)[C@@H]2C[C@@H](OC(=O)N3CCc4ccccc4[C@H]3CN3CCCCC3)CN2C1=O)OC1CCCC1. The van der Waals surface area contributed by atoms with Crippen molar-refractivity contribution in [2.45, 2.75) is 150 Å². The van der Waals surface area contributed by atoms with Crippen molar-refractivity contribution in [3.63, 3.8) is 0 Å². The number of benzene rings is 1. The number of amides is 5. The van der Waals surface area contributed by atoms with Gasteiger partial charge in [-0.3, -0.25) is 24.0 Å². The molecule has 0 unspecified atom stereocenters. The van der Waals surface area contributed by atoms with Crippen molar-refractivity contribution in [3.05, 3.63) is 47.5 Å². The number of carbonyl (C=O) groups excluding carboxylic acids is 5. The number of sulfonamides is 1. The summed E-state index contributed by atoms with van der Waals surface area (Å²) in [6.45, 7) is 2.96. The van der Waals surface area contributed by atoms with E-state index < -0.39 is 74.8 Å². The van der Waals surface area contributed by atoms with Crippen LogP contribution in [0, 0.1) is 5.92 Å². The van der Waals surface area contributed by atoms with Crippen LogP contribution in [0.1, 0.15) is 120 Å². The third kappa shape index (κ3) is 9.58. The lowest BCUT2D eigenvalue weighted by Gasteiger charge is -2.40. The summed E-state index contributed by atoms with van der Waals surface area (Å²) < 4.78 is 40.0. The Morgan fingerprint density at radius 1 is 0.864 bits per heavy atom. The van der Waals surface area contributed by atoms with E-state index in [1.807, 2.05) is 24.3 Å². The number of hydrogen-bond donors (Lipinski definition) is 3. The molecule has 3 saturated carbocycles. The molecule has 8 rings (SSSR count). The Labute approximate surface area is 347 Å². The summed E-state index contributed by atoms with van der Waals surface area (Å²) in [6.07, 6.45) is 13.4. The molecular formula is C43H60N6O9S. The van der Waals surface area contributed by atoms with Gasteiger partial charge in [0.05, 0.1) is 17.8 Å². The van der Waals surface area contributed by atoms with Crippen LogP contribution in [0.3, 0.4) is 0 Å². The molecule has 0 radical (unpaired) electrons. The van der Waals surface area contributed by atoms with E-state index in [1.54, 1.807) is 4.90 Å². The Kier molecular flexibility index (Phi) is 12.5. The van der Waals surface area contributed by atoms with Crippen molar-refractivity contribution in [2.24, 2.45) is 5.92 Å². The first kappa shape index (κ1) is 41.5. The zero-order valence-electron chi connectivity index (χ0n) is 34.0. The van der Waals surface area contributed by atoms with Crippen LogP contribution in [-0.4, -0.2) is 121 Å². The lowest BCUT2D eigenvalue weighted by molar-refractivity contribution is -0.141. The summed E-state index contributed by atoms with van der Waals surface area (Å²) in [5, 5.41) is 5.06. The van der Waals surface area contributed by atoms with Crippen LogP contribution in [-0.2, 0) is 40.3 Å². The lowest BCUT2D eigenvalue weighted by atomic mass is 9.92. The first-order valence-corrected chi connectivity index (χ1v) is 23.6. The van der Waals surface area contributed by atoms with Crippen LogP contribution < -0.4 is 15.4 Å². The minimum absolute atomic E-state index is 0.0393. The van der Waals surface area contributed by atoms with E-state index in [4.69, 9.17) is 9.47 Å². The summed E-state index contributed by atoms with van der Waals surface area (Å²) in [4.78, 5) is 76.0. The minimum Gasteiger partial charge on any atom is -0.446 e. The predicted octanol–water partition coefficient (Wildman–Crippen LogP) is 4.22. The second kappa shape index (κ2) is 17.8. The van der Waals surface area contributed by atoms with Crippen molar-refractivity contribution in [1.82, 2.24) is 30.1 Å². The Hall–Kier alpha value is -4.18. The molecule has 16 heteroatoms. The highest BCUT2D eigenvalue weighted by atomic mass is 32.2. The number of fused-ring (bicyclic) bond motifs is 3. The number of likely N-dealkylation sites (tertiary alicyclic amines) is 1. The molecule has 0 spiro atoms. The molecule has 1 aromatic carbocycles. The molecule has 6 atom stereocenters. The largest absolute Gasteiger partial charge is 0.446 e. The summed E-state index contributed by atoms with van der Waals surface area (Å²) in [5.74, 6) is -2.39. The van der Waals surface area contributed by atoms with E-state index in [2.05, 4.69) is 32.4 Å². The summed E-state index contributed by atoms with van der Waals surface area (Å²) in [5.41, 5.74) is 0.771. The van der Waals surface area contributed by atoms with Crippen LogP contribution in [0.2, 0.25) is 0 Å². The number of nitrogens with zero attached hydrogens (tertiary/aromatic N) is 3. The maximum absolute atomic E-state index is 14.7. The number of rotatable bonds is 8. The zero-order valence-corrected chi connectivity index (χ0v) is 34.8. The second-order valence-electron chi connectivity index (χ2n) is 17.8. The third-order valence-corrected chi connectivity index (χ3v) is 15.3. The summed E-state index contributed by atoms with van der Waals surface area (Å²) in [7, 11) is -3.91. The van der Waals surface area contributed by atoms with E-state index in [0.29, 0.717) is 51.6 Å². The monoisotopic (exact) mass is 836 g/mol. The van der Waals surface area contributed by atoms with Gasteiger partial charge in [0, 0.05) is 25.4 Å². The van der Waals surface area contributed by atoms with Crippen molar-refractivity contribution < 1.29 is 41.9 Å². The van der Waals surface area contributed by atoms with Gasteiger partial charge >= 0.3 is 12.2 Å². The fourth-order valence-corrected chi connectivity index (χ4v) is 11.2. The number of piperidine rings is 1. The Morgan fingerprint density at radius 3 is 2.39 bits per heavy atom. The maximum atomic E-state index is 14.7. The van der Waals surface area contributed by atoms with Crippen molar-refractivity contribution in [3.8, 4) is 0 Å². The van der Waals surface area contributed by atoms with Crippen LogP contribution in [0.5, 0.6) is 0 Å². The second-order valence-corrected chi connectivity index (χ2v) is 19.7. The highest BCUT2D eigenvalue weighted by Crippen LogP contribution is 2.46. The minimum atomic E-state index is -3.91. The van der Waals surface area contributed by atoms with Crippen LogP contribution in [0.4, 0.5) is 9.59 Å². The number of alkyl carbamates (subject to hydrolysis) is 1. The molecule has 0 bridgehead atoms.